The third kappa shape index (κ3) is 3.98. The van der Waals surface area contributed by atoms with E-state index >= 15 is 0 Å². The maximum absolute atomic E-state index is 13.1. The number of aromatic nitrogens is 2. The Morgan fingerprint density at radius 2 is 1.93 bits per heavy atom. The standard InChI is InChI=1S/C20H19Br2N3O3/c1-20(2,3)19-24-15-6-5-12(21)9-13(15)18(27)25(19)23-10-11-7-14(22)17(26)16(8-11)28-4/h5-10,26H,1-4H3. The topological polar surface area (TPSA) is 76.7 Å². The quantitative estimate of drug-likeness (QED) is 0.515. The zero-order valence-electron chi connectivity index (χ0n) is 15.8. The molecule has 0 aliphatic rings. The van der Waals surface area contributed by atoms with Crippen molar-refractivity contribution in [3.05, 3.63) is 61.0 Å². The van der Waals surface area contributed by atoms with Gasteiger partial charge in [0.25, 0.3) is 5.56 Å². The highest BCUT2D eigenvalue weighted by Gasteiger charge is 2.23. The maximum atomic E-state index is 13.1. The van der Waals surface area contributed by atoms with Crippen molar-refractivity contribution in [3.8, 4) is 11.5 Å². The fraction of sp³-hybridized carbons (Fsp3) is 0.250. The molecule has 0 saturated carbocycles. The van der Waals surface area contributed by atoms with Gasteiger partial charge in [0.05, 0.1) is 28.7 Å². The molecule has 1 heterocycles. The second kappa shape index (κ2) is 7.67. The largest absolute Gasteiger partial charge is 0.503 e. The summed E-state index contributed by atoms with van der Waals surface area (Å²) in [6.07, 6.45) is 1.54. The van der Waals surface area contributed by atoms with Gasteiger partial charge in [0.15, 0.2) is 11.5 Å². The lowest BCUT2D eigenvalue weighted by molar-refractivity contribution is 0.372. The Morgan fingerprint density at radius 1 is 1.21 bits per heavy atom. The third-order valence-electron chi connectivity index (χ3n) is 4.07. The zero-order valence-corrected chi connectivity index (χ0v) is 19.0. The molecule has 0 atom stereocenters. The summed E-state index contributed by atoms with van der Waals surface area (Å²) in [5.74, 6) is 0.859. The van der Waals surface area contributed by atoms with Gasteiger partial charge in [-0.2, -0.15) is 9.78 Å². The molecule has 6 nitrogen and oxygen atoms in total. The molecule has 1 N–H and O–H groups in total. The number of hydrogen-bond acceptors (Lipinski definition) is 5. The molecule has 0 radical (unpaired) electrons. The van der Waals surface area contributed by atoms with Crippen LogP contribution in [-0.4, -0.2) is 28.1 Å². The van der Waals surface area contributed by atoms with Gasteiger partial charge in [0, 0.05) is 9.89 Å². The first-order valence-corrected chi connectivity index (χ1v) is 10.0. The van der Waals surface area contributed by atoms with E-state index in [4.69, 9.17) is 4.74 Å². The number of phenolic OH excluding ortho intramolecular Hbond substituents is 1. The highest BCUT2D eigenvalue weighted by molar-refractivity contribution is 9.10. The average molecular weight is 509 g/mol. The Bertz CT molecular complexity index is 1150. The monoisotopic (exact) mass is 507 g/mol. The second-order valence-corrected chi connectivity index (χ2v) is 9.03. The van der Waals surface area contributed by atoms with Crippen molar-refractivity contribution in [2.75, 3.05) is 7.11 Å². The van der Waals surface area contributed by atoms with Crippen molar-refractivity contribution in [1.82, 2.24) is 9.66 Å². The minimum Gasteiger partial charge on any atom is -0.503 e. The Morgan fingerprint density at radius 3 is 2.57 bits per heavy atom. The number of nitrogens with zero attached hydrogens (tertiary/aromatic N) is 3. The average Bonchev–Trinajstić information content (AvgIpc) is 2.63. The van der Waals surface area contributed by atoms with Crippen molar-refractivity contribution in [1.29, 1.82) is 0 Å². The summed E-state index contributed by atoms with van der Waals surface area (Å²) in [7, 11) is 1.47. The molecule has 3 aromatic rings. The molecule has 0 amide bonds. The molecular formula is C20H19Br2N3O3. The fourth-order valence-electron chi connectivity index (χ4n) is 2.69. The van der Waals surface area contributed by atoms with Gasteiger partial charge in [-0.3, -0.25) is 4.79 Å². The molecule has 28 heavy (non-hydrogen) atoms. The summed E-state index contributed by atoms with van der Waals surface area (Å²) in [4.78, 5) is 17.8. The molecule has 1 aromatic heterocycles. The van der Waals surface area contributed by atoms with Crippen molar-refractivity contribution in [3.63, 3.8) is 0 Å². The number of ether oxygens (including phenoxy) is 1. The predicted octanol–water partition coefficient (Wildman–Crippen LogP) is 4.82. The van der Waals surface area contributed by atoms with E-state index in [1.54, 1.807) is 18.2 Å². The van der Waals surface area contributed by atoms with Crippen LogP contribution in [0.15, 0.2) is 49.2 Å². The van der Waals surface area contributed by atoms with Gasteiger partial charge in [0.2, 0.25) is 0 Å². The minimum atomic E-state index is -0.398. The van der Waals surface area contributed by atoms with Crippen LogP contribution in [0.1, 0.15) is 32.2 Å². The van der Waals surface area contributed by atoms with Crippen molar-refractivity contribution < 1.29 is 9.84 Å². The number of rotatable bonds is 3. The van der Waals surface area contributed by atoms with E-state index in [1.807, 2.05) is 32.9 Å². The van der Waals surface area contributed by atoms with E-state index in [9.17, 15) is 9.90 Å². The number of phenols is 1. The van der Waals surface area contributed by atoms with Gasteiger partial charge in [-0.25, -0.2) is 4.98 Å². The van der Waals surface area contributed by atoms with E-state index in [0.717, 1.165) is 4.47 Å². The Hall–Kier alpha value is -2.19. The molecule has 0 aliphatic carbocycles. The first-order valence-electron chi connectivity index (χ1n) is 8.45. The van der Waals surface area contributed by atoms with Gasteiger partial charge in [-0.15, -0.1) is 0 Å². The lowest BCUT2D eigenvalue weighted by Gasteiger charge is -2.20. The van der Waals surface area contributed by atoms with Crippen LogP contribution in [0.3, 0.4) is 0 Å². The normalized spacial score (nSPS) is 12.1. The molecule has 8 heteroatoms. The number of fused-ring (bicyclic) bond motifs is 1. The first kappa shape index (κ1) is 20.5. The molecule has 146 valence electrons. The summed E-state index contributed by atoms with van der Waals surface area (Å²) in [6, 6.07) is 8.73. The Labute approximate surface area is 179 Å². The van der Waals surface area contributed by atoms with E-state index in [2.05, 4.69) is 41.9 Å². The van der Waals surface area contributed by atoms with Crippen LogP contribution < -0.4 is 10.3 Å². The van der Waals surface area contributed by atoms with E-state index in [1.165, 1.54) is 18.0 Å². The summed E-state index contributed by atoms with van der Waals surface area (Å²) in [5.41, 5.74) is 0.629. The van der Waals surface area contributed by atoms with Crippen molar-refractivity contribution in [2.45, 2.75) is 26.2 Å². The smallest absolute Gasteiger partial charge is 0.282 e. The molecule has 0 bridgehead atoms. The highest BCUT2D eigenvalue weighted by Crippen LogP contribution is 2.34. The summed E-state index contributed by atoms with van der Waals surface area (Å²) >= 11 is 6.69. The van der Waals surface area contributed by atoms with E-state index in [0.29, 0.717) is 32.5 Å². The summed E-state index contributed by atoms with van der Waals surface area (Å²) in [6.45, 7) is 5.93. The van der Waals surface area contributed by atoms with E-state index < -0.39 is 5.41 Å². The molecule has 0 saturated heterocycles. The van der Waals surface area contributed by atoms with Gasteiger partial charge in [-0.05, 0) is 51.8 Å². The number of methoxy groups -OCH3 is 1. The lowest BCUT2D eigenvalue weighted by atomic mass is 9.95. The highest BCUT2D eigenvalue weighted by atomic mass is 79.9. The zero-order chi connectivity index (χ0) is 20.6. The predicted molar refractivity (Wildman–Crippen MR) is 118 cm³/mol. The van der Waals surface area contributed by atoms with Crippen LogP contribution in [0.5, 0.6) is 11.5 Å². The Kier molecular flexibility index (Phi) is 5.63. The van der Waals surface area contributed by atoms with Crippen LogP contribution in [0.2, 0.25) is 0 Å². The van der Waals surface area contributed by atoms with Gasteiger partial charge < -0.3 is 9.84 Å². The fourth-order valence-corrected chi connectivity index (χ4v) is 3.51. The number of benzene rings is 2. The molecule has 0 unspecified atom stereocenters. The summed E-state index contributed by atoms with van der Waals surface area (Å²) < 4.78 is 7.75. The van der Waals surface area contributed by atoms with Gasteiger partial charge in [0.1, 0.15) is 5.82 Å². The first-order chi connectivity index (χ1) is 13.1. The molecule has 0 spiro atoms. The molecule has 2 aromatic carbocycles. The minimum absolute atomic E-state index is 0.00409. The Balaban J connectivity index is 2.22. The summed E-state index contributed by atoms with van der Waals surface area (Å²) in [5, 5.41) is 14.8. The van der Waals surface area contributed by atoms with Crippen LogP contribution >= 0.6 is 31.9 Å². The maximum Gasteiger partial charge on any atom is 0.282 e. The van der Waals surface area contributed by atoms with Crippen molar-refractivity contribution >= 4 is 49.0 Å². The van der Waals surface area contributed by atoms with Crippen LogP contribution in [0.25, 0.3) is 10.9 Å². The molecule has 0 fully saturated rings. The van der Waals surface area contributed by atoms with Crippen LogP contribution in [-0.2, 0) is 5.41 Å². The van der Waals surface area contributed by atoms with Gasteiger partial charge in [-0.1, -0.05) is 36.7 Å². The number of halogens is 2. The lowest BCUT2D eigenvalue weighted by Crippen LogP contribution is -2.29. The molecular weight excluding hydrogens is 490 g/mol. The number of aromatic hydroxyl groups is 1. The molecule has 3 rings (SSSR count). The SMILES string of the molecule is COc1cc(C=Nn2c(C(C)(C)C)nc3ccc(Br)cc3c2=O)cc(Br)c1O. The van der Waals surface area contributed by atoms with E-state index in [-0.39, 0.29) is 11.3 Å². The van der Waals surface area contributed by atoms with Crippen LogP contribution in [0.4, 0.5) is 0 Å². The molecule has 0 aliphatic heterocycles. The van der Waals surface area contributed by atoms with Gasteiger partial charge >= 0.3 is 0 Å². The van der Waals surface area contributed by atoms with Crippen LogP contribution in [0, 0.1) is 0 Å². The third-order valence-corrected chi connectivity index (χ3v) is 5.17. The second-order valence-electron chi connectivity index (χ2n) is 7.26. The van der Waals surface area contributed by atoms with Crippen molar-refractivity contribution in [2.24, 2.45) is 5.10 Å². The number of hydrogen-bond donors (Lipinski definition) is 1.